The average Bonchev–Trinajstić information content (AvgIpc) is 2.24. The Labute approximate surface area is 99.5 Å². The first-order valence-electron chi connectivity index (χ1n) is 6.65. The van der Waals surface area contributed by atoms with Crippen molar-refractivity contribution in [3.8, 4) is 0 Å². The summed E-state index contributed by atoms with van der Waals surface area (Å²) in [6.45, 7) is 12.3. The van der Waals surface area contributed by atoms with Gasteiger partial charge in [0.05, 0.1) is 13.2 Å². The Morgan fingerprint density at radius 1 is 1.44 bits per heavy atom. The number of ether oxygens (including phenoxy) is 1. The van der Waals surface area contributed by atoms with Crippen molar-refractivity contribution in [3.63, 3.8) is 0 Å². The molecule has 0 aliphatic carbocycles. The van der Waals surface area contributed by atoms with Gasteiger partial charge >= 0.3 is 0 Å². The predicted octanol–water partition coefficient (Wildman–Crippen LogP) is 1.49. The van der Waals surface area contributed by atoms with Crippen LogP contribution in [0.1, 0.15) is 33.6 Å². The molecule has 1 N–H and O–H groups in total. The zero-order valence-corrected chi connectivity index (χ0v) is 11.0. The predicted molar refractivity (Wildman–Crippen MR) is 66.7 cm³/mol. The molecule has 0 amide bonds. The van der Waals surface area contributed by atoms with Gasteiger partial charge < -0.3 is 10.1 Å². The SMILES string of the molecule is CC1COCCN1CC1NCCCC1(C)C. The third kappa shape index (κ3) is 2.76. The third-order valence-electron chi connectivity index (χ3n) is 4.25. The average molecular weight is 226 g/mol. The van der Waals surface area contributed by atoms with Crippen molar-refractivity contribution >= 4 is 0 Å². The second-order valence-corrected chi connectivity index (χ2v) is 6.02. The lowest BCUT2D eigenvalue weighted by Gasteiger charge is -2.44. The minimum atomic E-state index is 0.441. The number of nitrogens with zero attached hydrogens (tertiary/aromatic N) is 1. The van der Waals surface area contributed by atoms with E-state index in [1.165, 1.54) is 25.9 Å². The number of hydrogen-bond donors (Lipinski definition) is 1. The van der Waals surface area contributed by atoms with Crippen molar-refractivity contribution < 1.29 is 4.74 Å². The lowest BCUT2D eigenvalue weighted by molar-refractivity contribution is -0.0145. The van der Waals surface area contributed by atoms with Gasteiger partial charge in [-0.05, 0) is 31.7 Å². The highest BCUT2D eigenvalue weighted by atomic mass is 16.5. The summed E-state index contributed by atoms with van der Waals surface area (Å²) >= 11 is 0. The Hall–Kier alpha value is -0.120. The van der Waals surface area contributed by atoms with Crippen LogP contribution in [-0.4, -0.2) is 49.8 Å². The van der Waals surface area contributed by atoms with Crippen LogP contribution in [0.25, 0.3) is 0 Å². The number of piperidine rings is 1. The molecule has 0 aromatic rings. The van der Waals surface area contributed by atoms with Crippen molar-refractivity contribution in [2.24, 2.45) is 5.41 Å². The molecule has 2 fully saturated rings. The maximum atomic E-state index is 5.49. The molecule has 2 rings (SSSR count). The Balaban J connectivity index is 1.91. The maximum absolute atomic E-state index is 5.49. The summed E-state index contributed by atoms with van der Waals surface area (Å²) in [5.74, 6) is 0. The van der Waals surface area contributed by atoms with E-state index in [9.17, 15) is 0 Å². The van der Waals surface area contributed by atoms with Crippen molar-refractivity contribution in [1.29, 1.82) is 0 Å². The zero-order chi connectivity index (χ0) is 11.6. The first-order valence-corrected chi connectivity index (χ1v) is 6.65. The van der Waals surface area contributed by atoms with E-state index in [0.29, 0.717) is 17.5 Å². The van der Waals surface area contributed by atoms with Crippen LogP contribution in [0.4, 0.5) is 0 Å². The summed E-state index contributed by atoms with van der Waals surface area (Å²) in [6, 6.07) is 1.22. The van der Waals surface area contributed by atoms with Crippen LogP contribution >= 0.6 is 0 Å². The molecule has 2 heterocycles. The Morgan fingerprint density at radius 2 is 2.25 bits per heavy atom. The molecule has 2 unspecified atom stereocenters. The molecule has 0 radical (unpaired) electrons. The van der Waals surface area contributed by atoms with Crippen molar-refractivity contribution in [2.75, 3.05) is 32.8 Å². The molecule has 0 spiro atoms. The Bertz CT molecular complexity index is 230. The lowest BCUT2D eigenvalue weighted by Crippen LogP contribution is -2.56. The number of rotatable bonds is 2. The first kappa shape index (κ1) is 12.3. The topological polar surface area (TPSA) is 24.5 Å². The number of hydrogen-bond acceptors (Lipinski definition) is 3. The third-order valence-corrected chi connectivity index (χ3v) is 4.25. The van der Waals surface area contributed by atoms with Gasteiger partial charge in [-0.15, -0.1) is 0 Å². The molecule has 0 bridgehead atoms. The molecule has 0 aromatic carbocycles. The van der Waals surface area contributed by atoms with Gasteiger partial charge in [0.25, 0.3) is 0 Å². The lowest BCUT2D eigenvalue weighted by atomic mass is 9.77. The normalized spacial score (nSPS) is 36.2. The second kappa shape index (κ2) is 5.03. The van der Waals surface area contributed by atoms with Crippen LogP contribution < -0.4 is 5.32 Å². The molecular formula is C13H26N2O. The van der Waals surface area contributed by atoms with Gasteiger partial charge in [0.2, 0.25) is 0 Å². The highest BCUT2D eigenvalue weighted by molar-refractivity contribution is 4.91. The van der Waals surface area contributed by atoms with E-state index >= 15 is 0 Å². The highest BCUT2D eigenvalue weighted by Gasteiger charge is 2.34. The van der Waals surface area contributed by atoms with E-state index in [1.54, 1.807) is 0 Å². The van der Waals surface area contributed by atoms with Gasteiger partial charge in [0, 0.05) is 25.2 Å². The van der Waals surface area contributed by atoms with E-state index in [2.05, 4.69) is 31.0 Å². The summed E-state index contributed by atoms with van der Waals surface area (Å²) in [4.78, 5) is 2.58. The largest absolute Gasteiger partial charge is 0.379 e. The van der Waals surface area contributed by atoms with Gasteiger partial charge in [-0.1, -0.05) is 13.8 Å². The van der Waals surface area contributed by atoms with E-state index < -0.39 is 0 Å². The molecule has 94 valence electrons. The van der Waals surface area contributed by atoms with Crippen molar-refractivity contribution in [1.82, 2.24) is 10.2 Å². The summed E-state index contributed by atoms with van der Waals surface area (Å²) in [6.07, 6.45) is 2.67. The second-order valence-electron chi connectivity index (χ2n) is 6.02. The minimum absolute atomic E-state index is 0.441. The summed E-state index contributed by atoms with van der Waals surface area (Å²) in [5, 5.41) is 3.69. The Morgan fingerprint density at radius 3 is 2.94 bits per heavy atom. The highest BCUT2D eigenvalue weighted by Crippen LogP contribution is 2.30. The van der Waals surface area contributed by atoms with Gasteiger partial charge in [-0.25, -0.2) is 0 Å². The van der Waals surface area contributed by atoms with Gasteiger partial charge in [-0.2, -0.15) is 0 Å². The Kier molecular flexibility index (Phi) is 3.88. The van der Waals surface area contributed by atoms with Crippen LogP contribution in [0.2, 0.25) is 0 Å². The van der Waals surface area contributed by atoms with Crippen molar-refractivity contribution in [3.05, 3.63) is 0 Å². The summed E-state index contributed by atoms with van der Waals surface area (Å²) in [7, 11) is 0. The van der Waals surface area contributed by atoms with Crippen molar-refractivity contribution in [2.45, 2.75) is 45.7 Å². The standard InChI is InChI=1S/C13H26N2O/c1-11-10-16-8-7-15(11)9-12-13(2,3)5-4-6-14-12/h11-12,14H,4-10H2,1-3H3. The fraction of sp³-hybridized carbons (Fsp3) is 1.00. The smallest absolute Gasteiger partial charge is 0.0619 e. The zero-order valence-electron chi connectivity index (χ0n) is 11.0. The maximum Gasteiger partial charge on any atom is 0.0619 e. The molecule has 3 nitrogen and oxygen atoms in total. The summed E-state index contributed by atoms with van der Waals surface area (Å²) < 4.78 is 5.49. The monoisotopic (exact) mass is 226 g/mol. The van der Waals surface area contributed by atoms with Crippen LogP contribution in [0.15, 0.2) is 0 Å². The molecule has 0 aromatic heterocycles. The fourth-order valence-electron chi connectivity index (χ4n) is 2.85. The molecule has 2 aliphatic rings. The van der Waals surface area contributed by atoms with Crippen LogP contribution in [0, 0.1) is 5.41 Å². The van der Waals surface area contributed by atoms with Crippen LogP contribution in [-0.2, 0) is 4.74 Å². The minimum Gasteiger partial charge on any atom is -0.379 e. The molecule has 3 heteroatoms. The molecular weight excluding hydrogens is 200 g/mol. The fourth-order valence-corrected chi connectivity index (χ4v) is 2.85. The van der Waals surface area contributed by atoms with Crippen LogP contribution in [0.3, 0.4) is 0 Å². The molecule has 0 saturated carbocycles. The molecule has 2 atom stereocenters. The summed E-state index contributed by atoms with van der Waals surface area (Å²) in [5.41, 5.74) is 0.441. The first-order chi connectivity index (χ1) is 7.59. The van der Waals surface area contributed by atoms with E-state index in [0.717, 1.165) is 19.8 Å². The number of morpholine rings is 1. The van der Waals surface area contributed by atoms with Gasteiger partial charge in [-0.3, -0.25) is 4.90 Å². The van der Waals surface area contributed by atoms with E-state index in [1.807, 2.05) is 0 Å². The van der Waals surface area contributed by atoms with Crippen LogP contribution in [0.5, 0.6) is 0 Å². The quantitative estimate of drug-likeness (QED) is 0.772. The molecule has 16 heavy (non-hydrogen) atoms. The molecule has 2 aliphatic heterocycles. The van der Waals surface area contributed by atoms with Gasteiger partial charge in [0.15, 0.2) is 0 Å². The molecule has 2 saturated heterocycles. The van der Waals surface area contributed by atoms with Gasteiger partial charge in [0.1, 0.15) is 0 Å². The number of nitrogens with one attached hydrogen (secondary N) is 1. The van der Waals surface area contributed by atoms with E-state index in [4.69, 9.17) is 4.74 Å². The van der Waals surface area contributed by atoms with E-state index in [-0.39, 0.29) is 0 Å².